The lowest BCUT2D eigenvalue weighted by Crippen LogP contribution is -2.10. The molecule has 0 aromatic rings. The zero-order valence-corrected chi connectivity index (χ0v) is 7.28. The van der Waals surface area contributed by atoms with E-state index >= 15 is 0 Å². The fraction of sp³-hybridized carbons (Fsp3) is 0.750. The molecule has 0 aliphatic rings. The summed E-state index contributed by atoms with van der Waals surface area (Å²) in [6, 6.07) is 0. The Bertz CT molecular complexity index is 170. The third kappa shape index (κ3) is 5.37. The normalized spacial score (nSPS) is 13.7. The second kappa shape index (κ2) is 6.30. The van der Waals surface area contributed by atoms with Gasteiger partial charge in [0.05, 0.1) is 0 Å². The first-order valence-corrected chi connectivity index (χ1v) is 3.80. The van der Waals surface area contributed by atoms with Crippen molar-refractivity contribution in [2.75, 3.05) is 0 Å². The van der Waals surface area contributed by atoms with Gasteiger partial charge in [-0.1, -0.05) is 0 Å². The number of nitriles is 2. The Balaban J connectivity index is 3.42. The van der Waals surface area contributed by atoms with E-state index in [0.717, 1.165) is 12.8 Å². The minimum Gasteiger partial charge on any atom is -0.424 e. The molecule has 0 amide bonds. The highest BCUT2D eigenvalue weighted by atomic mass is 16.5. The minimum atomic E-state index is -0.0975. The molecule has 0 fully saturated rings. The maximum atomic E-state index is 8.15. The maximum absolute atomic E-state index is 8.15. The Morgan fingerprint density at radius 3 is 1.58 bits per heavy atom. The van der Waals surface area contributed by atoms with Crippen LogP contribution in [0, 0.1) is 23.0 Å². The van der Waals surface area contributed by atoms with Gasteiger partial charge in [-0.2, -0.15) is 10.5 Å². The summed E-state index contributed by atoms with van der Waals surface area (Å²) in [6.45, 7) is 3.62. The lowest BCUT2D eigenvalue weighted by atomic mass is 10.1. The van der Waals surface area contributed by atoms with Crippen LogP contribution in [0.4, 0.5) is 0 Å². The first-order valence-electron chi connectivity index (χ1n) is 3.80. The summed E-state index contributed by atoms with van der Waals surface area (Å²) in [5.74, 6) is 0. The largest absolute Gasteiger partial charge is 0.424 e. The van der Waals surface area contributed by atoms with Crippen molar-refractivity contribution in [3.8, 4) is 12.5 Å². The highest BCUT2D eigenvalue weighted by Gasteiger charge is 2.07. The van der Waals surface area contributed by atoms with E-state index in [9.17, 15) is 0 Å². The van der Waals surface area contributed by atoms with Crippen LogP contribution in [0.1, 0.15) is 26.7 Å². The molecule has 0 radical (unpaired) electrons. The molecule has 2 atom stereocenters. The Morgan fingerprint density at radius 2 is 1.33 bits per heavy atom. The summed E-state index contributed by atoms with van der Waals surface area (Å²) in [6.07, 6.45) is 4.48. The smallest absolute Gasteiger partial charge is 0.286 e. The van der Waals surface area contributed by atoms with Gasteiger partial charge in [-0.3, -0.25) is 0 Å². The van der Waals surface area contributed by atoms with Crippen molar-refractivity contribution in [2.24, 2.45) is 0 Å². The summed E-state index contributed by atoms with van der Waals surface area (Å²) in [7, 11) is 0. The average Bonchev–Trinajstić information content (AvgIpc) is 2.02. The molecule has 2 unspecified atom stereocenters. The van der Waals surface area contributed by atoms with Crippen LogP contribution in [0.5, 0.6) is 0 Å². The molecule has 0 aliphatic carbocycles. The Labute approximate surface area is 72.3 Å². The molecule has 0 N–H and O–H groups in total. The monoisotopic (exact) mass is 168 g/mol. The summed E-state index contributed by atoms with van der Waals surface area (Å²) < 4.78 is 9.27. The molecule has 0 spiro atoms. The van der Waals surface area contributed by atoms with Crippen molar-refractivity contribution in [3.63, 3.8) is 0 Å². The van der Waals surface area contributed by atoms with Crippen molar-refractivity contribution in [3.05, 3.63) is 0 Å². The second-order valence-corrected chi connectivity index (χ2v) is 2.62. The zero-order valence-electron chi connectivity index (χ0n) is 7.28. The number of hydrogen-bond donors (Lipinski definition) is 0. The van der Waals surface area contributed by atoms with E-state index in [4.69, 9.17) is 10.5 Å². The van der Waals surface area contributed by atoms with Crippen LogP contribution in [0.3, 0.4) is 0 Å². The Hall–Kier alpha value is -1.42. The molecule has 0 aromatic heterocycles. The molecular weight excluding hydrogens is 156 g/mol. The molecule has 0 aromatic carbocycles. The average molecular weight is 168 g/mol. The quantitative estimate of drug-likeness (QED) is 0.584. The molecule has 0 rings (SSSR count). The van der Waals surface area contributed by atoms with Crippen LogP contribution < -0.4 is 0 Å². The van der Waals surface area contributed by atoms with Crippen LogP contribution in [-0.2, 0) is 9.47 Å². The summed E-state index contributed by atoms with van der Waals surface area (Å²) in [5.41, 5.74) is 0. The van der Waals surface area contributed by atoms with E-state index in [2.05, 4.69) is 9.47 Å². The van der Waals surface area contributed by atoms with Crippen molar-refractivity contribution in [2.45, 2.75) is 38.9 Å². The van der Waals surface area contributed by atoms with E-state index in [0.29, 0.717) is 0 Å². The van der Waals surface area contributed by atoms with Gasteiger partial charge >= 0.3 is 0 Å². The van der Waals surface area contributed by atoms with Crippen LogP contribution >= 0.6 is 0 Å². The van der Waals surface area contributed by atoms with Gasteiger partial charge in [0, 0.05) is 0 Å². The van der Waals surface area contributed by atoms with Crippen LogP contribution in [-0.4, -0.2) is 12.2 Å². The number of nitrogens with zero attached hydrogens (tertiary/aromatic N) is 2. The third-order valence-corrected chi connectivity index (χ3v) is 1.49. The molecular formula is C8H12N2O2. The molecule has 4 heteroatoms. The van der Waals surface area contributed by atoms with Gasteiger partial charge in [-0.25, -0.2) is 0 Å². The fourth-order valence-electron chi connectivity index (χ4n) is 0.767. The molecule has 66 valence electrons. The molecule has 4 nitrogen and oxygen atoms in total. The summed E-state index contributed by atoms with van der Waals surface area (Å²) >= 11 is 0. The summed E-state index contributed by atoms with van der Waals surface area (Å²) in [4.78, 5) is 0. The van der Waals surface area contributed by atoms with E-state index < -0.39 is 0 Å². The first kappa shape index (κ1) is 10.6. The van der Waals surface area contributed by atoms with Gasteiger partial charge < -0.3 is 9.47 Å². The SMILES string of the molecule is CC(CCC(C)OC#N)OC#N. The van der Waals surface area contributed by atoms with Gasteiger partial charge in [-0.05, 0) is 26.7 Å². The van der Waals surface area contributed by atoms with Gasteiger partial charge in [0.1, 0.15) is 12.2 Å². The van der Waals surface area contributed by atoms with Gasteiger partial charge in [0.15, 0.2) is 0 Å². The molecule has 12 heavy (non-hydrogen) atoms. The van der Waals surface area contributed by atoms with E-state index in [1.807, 2.05) is 13.8 Å². The predicted octanol–water partition coefficient (Wildman–Crippen LogP) is 1.54. The van der Waals surface area contributed by atoms with Crippen LogP contribution in [0.15, 0.2) is 0 Å². The van der Waals surface area contributed by atoms with Crippen molar-refractivity contribution >= 4 is 0 Å². The number of ether oxygens (including phenoxy) is 2. The second-order valence-electron chi connectivity index (χ2n) is 2.62. The van der Waals surface area contributed by atoms with E-state index in [-0.39, 0.29) is 12.2 Å². The van der Waals surface area contributed by atoms with Crippen molar-refractivity contribution in [1.29, 1.82) is 10.5 Å². The lowest BCUT2D eigenvalue weighted by Gasteiger charge is -2.10. The van der Waals surface area contributed by atoms with Gasteiger partial charge in [-0.15, -0.1) is 0 Å². The van der Waals surface area contributed by atoms with Crippen molar-refractivity contribution in [1.82, 2.24) is 0 Å². The summed E-state index contributed by atoms with van der Waals surface area (Å²) in [5, 5.41) is 16.3. The molecule has 0 bridgehead atoms. The van der Waals surface area contributed by atoms with E-state index in [1.54, 1.807) is 12.5 Å². The van der Waals surface area contributed by atoms with Crippen molar-refractivity contribution < 1.29 is 9.47 Å². The standard InChI is InChI=1S/C8H12N2O2/c1-7(11-5-9)3-4-8(2)12-6-10/h7-8H,3-4H2,1-2H3. The predicted molar refractivity (Wildman–Crippen MR) is 41.6 cm³/mol. The highest BCUT2D eigenvalue weighted by molar-refractivity contribution is 4.63. The van der Waals surface area contributed by atoms with Crippen LogP contribution in [0.2, 0.25) is 0 Å². The highest BCUT2D eigenvalue weighted by Crippen LogP contribution is 2.06. The zero-order chi connectivity index (χ0) is 9.40. The van der Waals surface area contributed by atoms with Crippen LogP contribution in [0.25, 0.3) is 0 Å². The van der Waals surface area contributed by atoms with Gasteiger partial charge in [0.25, 0.3) is 12.5 Å². The lowest BCUT2D eigenvalue weighted by molar-refractivity contribution is 0.122. The molecule has 0 saturated heterocycles. The van der Waals surface area contributed by atoms with E-state index in [1.165, 1.54) is 0 Å². The minimum absolute atomic E-state index is 0.0975. The molecule has 0 saturated carbocycles. The Kier molecular flexibility index (Phi) is 5.55. The molecule has 0 heterocycles. The maximum Gasteiger partial charge on any atom is 0.286 e. The topological polar surface area (TPSA) is 66.0 Å². The third-order valence-electron chi connectivity index (χ3n) is 1.49. The van der Waals surface area contributed by atoms with Gasteiger partial charge in [0.2, 0.25) is 0 Å². The number of rotatable bonds is 5. The number of hydrogen-bond acceptors (Lipinski definition) is 4. The fourth-order valence-corrected chi connectivity index (χ4v) is 0.767. The first-order chi connectivity index (χ1) is 5.70. The molecule has 0 aliphatic heterocycles. The Morgan fingerprint density at radius 1 is 1.00 bits per heavy atom.